The van der Waals surface area contributed by atoms with E-state index in [9.17, 15) is 19.5 Å². The van der Waals surface area contributed by atoms with Crippen LogP contribution >= 0.6 is 0 Å². The molecule has 1 aliphatic heterocycles. The van der Waals surface area contributed by atoms with E-state index in [0.29, 0.717) is 0 Å². The number of carbonyl (C=O) groups excluding carboxylic acids is 3. The van der Waals surface area contributed by atoms with Gasteiger partial charge in [0.2, 0.25) is 0 Å². The van der Waals surface area contributed by atoms with Gasteiger partial charge in [0, 0.05) is 22.5 Å². The molecule has 0 spiro atoms. The molecule has 0 unspecified atom stereocenters. The molecule has 1 saturated heterocycles. The minimum atomic E-state index is -1.33. The number of hydrogen-bond donors (Lipinski definition) is 1. The lowest BCUT2D eigenvalue weighted by Crippen LogP contribution is -2.62. The highest BCUT2D eigenvalue weighted by atomic mass is 16.6. The Hall–Kier alpha value is -2.21. The van der Waals surface area contributed by atoms with Crippen LogP contribution in [0.15, 0.2) is 36.5 Å². The maximum Gasteiger partial charge on any atom is 0.334 e. The molecular formula is C19H22O6. The molecule has 134 valence electrons. The molecule has 6 heteroatoms. The van der Waals surface area contributed by atoms with E-state index in [1.807, 2.05) is 0 Å². The van der Waals surface area contributed by atoms with Crippen LogP contribution < -0.4 is 0 Å². The lowest BCUT2D eigenvalue weighted by molar-refractivity contribution is -0.187. The van der Waals surface area contributed by atoms with Crippen LogP contribution in [0.25, 0.3) is 0 Å². The lowest BCUT2D eigenvalue weighted by atomic mass is 9.53. The van der Waals surface area contributed by atoms with Crippen molar-refractivity contribution in [3.63, 3.8) is 0 Å². The van der Waals surface area contributed by atoms with Crippen molar-refractivity contribution < 1.29 is 29.0 Å². The van der Waals surface area contributed by atoms with Crippen LogP contribution in [0.4, 0.5) is 0 Å². The van der Waals surface area contributed by atoms with Gasteiger partial charge in [-0.3, -0.25) is 4.79 Å². The molecular weight excluding hydrogens is 324 g/mol. The average molecular weight is 346 g/mol. The summed E-state index contributed by atoms with van der Waals surface area (Å²) in [6, 6.07) is 0. The third-order valence-corrected chi connectivity index (χ3v) is 5.67. The Morgan fingerprint density at radius 1 is 1.40 bits per heavy atom. The molecule has 0 amide bonds. The van der Waals surface area contributed by atoms with Gasteiger partial charge in [-0.1, -0.05) is 20.1 Å². The van der Waals surface area contributed by atoms with Crippen molar-refractivity contribution in [1.82, 2.24) is 0 Å². The number of esters is 2. The summed E-state index contributed by atoms with van der Waals surface area (Å²) < 4.78 is 11.0. The number of carbonyl (C=O) groups is 3. The summed E-state index contributed by atoms with van der Waals surface area (Å²) in [4.78, 5) is 36.8. The number of allylic oxidation sites excluding steroid dienone is 1. The van der Waals surface area contributed by atoms with Gasteiger partial charge in [0.15, 0.2) is 5.78 Å². The Labute approximate surface area is 146 Å². The largest absolute Gasteiger partial charge is 0.458 e. The van der Waals surface area contributed by atoms with Crippen LogP contribution in [0.5, 0.6) is 0 Å². The minimum Gasteiger partial charge on any atom is -0.458 e. The molecule has 0 bridgehead atoms. The van der Waals surface area contributed by atoms with Gasteiger partial charge in [0.05, 0.1) is 11.5 Å². The molecule has 0 radical (unpaired) electrons. The summed E-state index contributed by atoms with van der Waals surface area (Å²) in [6.45, 7) is 12.2. The number of ketones is 1. The van der Waals surface area contributed by atoms with Gasteiger partial charge in [-0.25, -0.2) is 9.59 Å². The van der Waals surface area contributed by atoms with E-state index in [-0.39, 0.29) is 23.4 Å². The first kappa shape index (κ1) is 17.6. The predicted molar refractivity (Wildman–Crippen MR) is 88.2 cm³/mol. The molecule has 0 aromatic carbocycles. The molecule has 2 aliphatic carbocycles. The van der Waals surface area contributed by atoms with E-state index >= 15 is 0 Å². The fraction of sp³-hybridized carbons (Fsp3) is 0.526. The van der Waals surface area contributed by atoms with Gasteiger partial charge < -0.3 is 14.6 Å². The summed E-state index contributed by atoms with van der Waals surface area (Å²) in [7, 11) is 0. The fourth-order valence-electron chi connectivity index (χ4n) is 4.48. The molecule has 25 heavy (non-hydrogen) atoms. The Morgan fingerprint density at radius 2 is 2.04 bits per heavy atom. The fourth-order valence-corrected chi connectivity index (χ4v) is 4.48. The summed E-state index contributed by atoms with van der Waals surface area (Å²) >= 11 is 0. The minimum absolute atomic E-state index is 0.173. The standard InChI is InChI=1S/C19H22O6/c1-9(2)16(21)24-11-8-18(4)12(20)6-7-19(5,23)15(18)14-13(11)10(3)17(22)25-14/h6-7,11,13-15,23H,1,3,8H2,2,4-5H3/t11-,13+,14-,15+,18-,19-/m0/s1. The summed E-state index contributed by atoms with van der Waals surface area (Å²) in [5.41, 5.74) is -1.93. The zero-order chi connectivity index (χ0) is 18.7. The molecule has 1 saturated carbocycles. The van der Waals surface area contributed by atoms with E-state index in [2.05, 4.69) is 13.2 Å². The number of aliphatic hydroxyl groups is 1. The van der Waals surface area contributed by atoms with Crippen molar-refractivity contribution in [2.45, 2.75) is 45.0 Å². The molecule has 1 heterocycles. The van der Waals surface area contributed by atoms with Gasteiger partial charge in [0.1, 0.15) is 12.2 Å². The van der Waals surface area contributed by atoms with Gasteiger partial charge in [-0.05, 0) is 32.4 Å². The van der Waals surface area contributed by atoms with Crippen LogP contribution in [-0.4, -0.2) is 40.6 Å². The second kappa shape index (κ2) is 5.39. The quantitative estimate of drug-likeness (QED) is 0.602. The maximum absolute atomic E-state index is 12.6. The topological polar surface area (TPSA) is 89.9 Å². The number of hydrogen-bond acceptors (Lipinski definition) is 6. The normalized spacial score (nSPS) is 42.5. The molecule has 1 N–H and O–H groups in total. The van der Waals surface area contributed by atoms with Crippen molar-refractivity contribution >= 4 is 17.7 Å². The van der Waals surface area contributed by atoms with Crippen molar-refractivity contribution in [2.24, 2.45) is 17.3 Å². The third kappa shape index (κ3) is 2.47. The van der Waals surface area contributed by atoms with Crippen LogP contribution in [0.1, 0.15) is 27.2 Å². The Morgan fingerprint density at radius 3 is 2.64 bits per heavy atom. The Bertz CT molecular complexity index is 730. The van der Waals surface area contributed by atoms with Gasteiger partial charge >= 0.3 is 11.9 Å². The molecule has 6 atom stereocenters. The van der Waals surface area contributed by atoms with E-state index in [0.717, 1.165) is 0 Å². The second-order valence-corrected chi connectivity index (χ2v) is 7.67. The smallest absolute Gasteiger partial charge is 0.334 e. The molecule has 6 nitrogen and oxygen atoms in total. The monoisotopic (exact) mass is 346 g/mol. The summed E-state index contributed by atoms with van der Waals surface area (Å²) in [5, 5.41) is 10.8. The SMILES string of the molecule is C=C(C)C(=O)O[C@H]1C[C@@]2(C)C(=O)C=C[C@](C)(O)[C@@H]2[C@H]2OC(=O)C(=C)[C@@H]21. The molecule has 2 fully saturated rings. The zero-order valence-corrected chi connectivity index (χ0v) is 14.6. The van der Waals surface area contributed by atoms with Crippen molar-refractivity contribution in [3.05, 3.63) is 36.5 Å². The van der Waals surface area contributed by atoms with Crippen molar-refractivity contribution in [1.29, 1.82) is 0 Å². The van der Waals surface area contributed by atoms with Crippen LogP contribution in [0.3, 0.4) is 0 Å². The molecule has 0 aromatic rings. The number of ether oxygens (including phenoxy) is 2. The number of rotatable bonds is 2. The van der Waals surface area contributed by atoms with Crippen LogP contribution in [0, 0.1) is 17.3 Å². The second-order valence-electron chi connectivity index (χ2n) is 7.67. The van der Waals surface area contributed by atoms with E-state index in [4.69, 9.17) is 9.47 Å². The molecule has 3 aliphatic rings. The van der Waals surface area contributed by atoms with Gasteiger partial charge in [-0.15, -0.1) is 0 Å². The van der Waals surface area contributed by atoms with Crippen LogP contribution in [0.2, 0.25) is 0 Å². The molecule has 3 rings (SSSR count). The van der Waals surface area contributed by atoms with Gasteiger partial charge in [0.25, 0.3) is 0 Å². The Balaban J connectivity index is 2.08. The lowest BCUT2D eigenvalue weighted by Gasteiger charge is -2.53. The zero-order valence-electron chi connectivity index (χ0n) is 14.6. The van der Waals surface area contributed by atoms with E-state index < -0.39 is 47.0 Å². The van der Waals surface area contributed by atoms with Gasteiger partial charge in [-0.2, -0.15) is 0 Å². The average Bonchev–Trinajstić information content (AvgIpc) is 2.78. The Kier molecular flexibility index (Phi) is 3.80. The highest BCUT2D eigenvalue weighted by Gasteiger charge is 2.65. The van der Waals surface area contributed by atoms with E-state index in [1.165, 1.54) is 19.1 Å². The first-order valence-corrected chi connectivity index (χ1v) is 8.21. The van der Waals surface area contributed by atoms with Crippen molar-refractivity contribution in [2.75, 3.05) is 0 Å². The number of fused-ring (bicyclic) bond motifs is 3. The highest BCUT2D eigenvalue weighted by molar-refractivity contribution is 5.97. The summed E-state index contributed by atoms with van der Waals surface area (Å²) in [5.74, 6) is -2.62. The van der Waals surface area contributed by atoms with Crippen molar-refractivity contribution in [3.8, 4) is 0 Å². The van der Waals surface area contributed by atoms with Crippen LogP contribution in [-0.2, 0) is 23.9 Å². The summed E-state index contributed by atoms with van der Waals surface area (Å²) in [6.07, 6.45) is 1.42. The first-order valence-electron chi connectivity index (χ1n) is 8.21. The first-order chi connectivity index (χ1) is 11.5. The molecule has 0 aromatic heterocycles. The highest BCUT2D eigenvalue weighted by Crippen LogP contribution is 2.56. The van der Waals surface area contributed by atoms with E-state index in [1.54, 1.807) is 13.8 Å². The predicted octanol–water partition coefficient (Wildman–Crippen LogP) is 1.49. The maximum atomic E-state index is 12.6. The third-order valence-electron chi connectivity index (χ3n) is 5.67.